The van der Waals surface area contributed by atoms with Crippen molar-refractivity contribution in [3.63, 3.8) is 0 Å². The molecule has 1 aliphatic rings. The first kappa shape index (κ1) is 17.8. The highest BCUT2D eigenvalue weighted by Crippen LogP contribution is 2.38. The number of likely N-dealkylation sites (N-methyl/N-ethyl adjacent to an activating group) is 1. The van der Waals surface area contributed by atoms with Gasteiger partial charge in [0.2, 0.25) is 0 Å². The van der Waals surface area contributed by atoms with Crippen molar-refractivity contribution in [1.82, 2.24) is 4.90 Å². The number of hydrogen-bond donors (Lipinski definition) is 0. The van der Waals surface area contributed by atoms with Gasteiger partial charge in [0.1, 0.15) is 10.9 Å². The van der Waals surface area contributed by atoms with Gasteiger partial charge < -0.3 is 19.4 Å². The lowest BCUT2D eigenvalue weighted by molar-refractivity contribution is -0.307. The first-order chi connectivity index (χ1) is 10.8. The van der Waals surface area contributed by atoms with Crippen LogP contribution in [0.3, 0.4) is 0 Å². The molecule has 0 unspecified atom stereocenters. The number of thioether (sulfide) groups is 1. The van der Waals surface area contributed by atoms with Crippen LogP contribution in [0, 0.1) is 0 Å². The maximum atomic E-state index is 12.0. The molecule has 0 spiro atoms. The summed E-state index contributed by atoms with van der Waals surface area (Å²) in [7, 11) is 3.05. The number of halogens is 1. The van der Waals surface area contributed by atoms with Gasteiger partial charge in [-0.1, -0.05) is 24.0 Å². The summed E-state index contributed by atoms with van der Waals surface area (Å²) in [5, 5.41) is 10.5. The summed E-state index contributed by atoms with van der Waals surface area (Å²) < 4.78 is 11.3. The third-order valence-corrected chi connectivity index (χ3v) is 4.94. The molecule has 1 aromatic carbocycles. The Bertz CT molecular complexity index is 719. The summed E-state index contributed by atoms with van der Waals surface area (Å²) >= 11 is 9.59. The van der Waals surface area contributed by atoms with Crippen molar-refractivity contribution in [3.05, 3.63) is 27.1 Å². The van der Waals surface area contributed by atoms with Gasteiger partial charge in [-0.2, -0.15) is 0 Å². The number of amides is 1. The minimum atomic E-state index is -1.34. The largest absolute Gasteiger partial charge is 0.546 e. The average molecular weight is 417 g/mol. The quantitative estimate of drug-likeness (QED) is 0.530. The number of methoxy groups -OCH3 is 1. The van der Waals surface area contributed by atoms with Crippen molar-refractivity contribution in [3.8, 4) is 11.5 Å². The Morgan fingerprint density at radius 2 is 2.22 bits per heavy atom. The molecule has 23 heavy (non-hydrogen) atoms. The predicted octanol–water partition coefficient (Wildman–Crippen LogP) is 1.42. The van der Waals surface area contributed by atoms with Gasteiger partial charge in [0.25, 0.3) is 5.91 Å². The normalized spacial score (nSPS) is 16.1. The molecule has 1 aromatic rings. The molecule has 0 N–H and O–H groups in total. The van der Waals surface area contributed by atoms with E-state index < -0.39 is 12.6 Å². The molecule has 6 nitrogen and oxygen atoms in total. The van der Waals surface area contributed by atoms with E-state index in [1.807, 2.05) is 0 Å². The highest BCUT2D eigenvalue weighted by molar-refractivity contribution is 9.10. The third kappa shape index (κ3) is 4.04. The molecule has 2 rings (SSSR count). The minimum absolute atomic E-state index is 0.174. The summed E-state index contributed by atoms with van der Waals surface area (Å²) in [6, 6.07) is 3.33. The summed E-state index contributed by atoms with van der Waals surface area (Å²) in [4.78, 5) is 24.4. The van der Waals surface area contributed by atoms with Gasteiger partial charge in [0.15, 0.2) is 11.5 Å². The molecule has 0 radical (unpaired) electrons. The molecule has 0 aromatic heterocycles. The van der Waals surface area contributed by atoms with E-state index >= 15 is 0 Å². The lowest BCUT2D eigenvalue weighted by Crippen LogP contribution is -2.29. The Morgan fingerprint density at radius 1 is 1.52 bits per heavy atom. The van der Waals surface area contributed by atoms with Crippen LogP contribution in [-0.2, 0) is 9.59 Å². The lowest BCUT2D eigenvalue weighted by atomic mass is 10.2. The van der Waals surface area contributed by atoms with E-state index in [0.717, 1.165) is 0 Å². The van der Waals surface area contributed by atoms with Gasteiger partial charge in [-0.25, -0.2) is 0 Å². The minimum Gasteiger partial charge on any atom is -0.546 e. The molecule has 1 amide bonds. The van der Waals surface area contributed by atoms with Gasteiger partial charge in [-0.05, 0) is 39.7 Å². The van der Waals surface area contributed by atoms with Crippen LogP contribution < -0.4 is 14.6 Å². The summed E-state index contributed by atoms with van der Waals surface area (Å²) in [6.07, 6.45) is 1.68. The molecule has 1 heterocycles. The van der Waals surface area contributed by atoms with E-state index in [2.05, 4.69) is 15.9 Å². The van der Waals surface area contributed by atoms with Crippen LogP contribution in [0.2, 0.25) is 0 Å². The maximum Gasteiger partial charge on any atom is 0.265 e. The number of hydrogen-bond acceptors (Lipinski definition) is 7. The molecule has 0 saturated carbocycles. The average Bonchev–Trinajstić information content (AvgIpc) is 2.72. The first-order valence-corrected chi connectivity index (χ1v) is 8.27. The van der Waals surface area contributed by atoms with E-state index in [1.165, 1.54) is 23.8 Å². The van der Waals surface area contributed by atoms with Crippen LogP contribution in [0.15, 0.2) is 21.5 Å². The Hall–Kier alpha value is -1.58. The predicted molar refractivity (Wildman–Crippen MR) is 92.1 cm³/mol. The molecule has 0 atom stereocenters. The number of carbonyl (C=O) groups is 2. The SMILES string of the molecule is COc1cc(/C=C2/SC(=S)N(C)C2=O)cc(Br)c1OCC(=O)[O-]. The number of nitrogens with zero attached hydrogens (tertiary/aromatic N) is 1. The first-order valence-electron chi connectivity index (χ1n) is 6.25. The topological polar surface area (TPSA) is 78.9 Å². The van der Waals surface area contributed by atoms with E-state index in [4.69, 9.17) is 21.7 Å². The Morgan fingerprint density at radius 3 is 2.74 bits per heavy atom. The summed E-state index contributed by atoms with van der Waals surface area (Å²) in [5.74, 6) is -0.933. The van der Waals surface area contributed by atoms with Crippen LogP contribution in [0.25, 0.3) is 6.08 Å². The fourth-order valence-electron chi connectivity index (χ4n) is 1.79. The molecular weight excluding hydrogens is 406 g/mol. The second-order valence-corrected chi connectivity index (χ2v) is 6.97. The van der Waals surface area contributed by atoms with Crippen molar-refractivity contribution >= 4 is 62.2 Å². The number of rotatable bonds is 5. The highest BCUT2D eigenvalue weighted by Gasteiger charge is 2.28. The molecule has 0 bridgehead atoms. The molecule has 122 valence electrons. The smallest absolute Gasteiger partial charge is 0.265 e. The van der Waals surface area contributed by atoms with Crippen molar-refractivity contribution in [2.75, 3.05) is 20.8 Å². The van der Waals surface area contributed by atoms with Crippen LogP contribution in [0.5, 0.6) is 11.5 Å². The zero-order chi connectivity index (χ0) is 17.1. The fourth-order valence-corrected chi connectivity index (χ4v) is 3.54. The van der Waals surface area contributed by atoms with E-state index in [1.54, 1.807) is 25.3 Å². The number of carboxylic acid groups (broad SMARTS) is 1. The number of carboxylic acids is 1. The molecular formula is C14H11BrNO5S2-. The number of ether oxygens (including phenoxy) is 2. The Balaban J connectivity index is 2.35. The molecule has 9 heteroatoms. The van der Waals surface area contributed by atoms with Crippen LogP contribution in [0.1, 0.15) is 5.56 Å². The highest BCUT2D eigenvalue weighted by atomic mass is 79.9. The fraction of sp³-hybridized carbons (Fsp3) is 0.214. The maximum absolute atomic E-state index is 12.0. The van der Waals surface area contributed by atoms with E-state index in [-0.39, 0.29) is 11.7 Å². The van der Waals surface area contributed by atoms with Gasteiger partial charge in [0, 0.05) is 7.05 Å². The molecule has 1 fully saturated rings. The van der Waals surface area contributed by atoms with E-state index in [9.17, 15) is 14.7 Å². The van der Waals surface area contributed by atoms with Crippen LogP contribution in [-0.4, -0.2) is 41.9 Å². The van der Waals surface area contributed by atoms with Crippen LogP contribution in [0.4, 0.5) is 0 Å². The van der Waals surface area contributed by atoms with Gasteiger partial charge in [0.05, 0.1) is 22.5 Å². The second-order valence-electron chi connectivity index (χ2n) is 4.44. The van der Waals surface area contributed by atoms with Gasteiger partial charge in [-0.15, -0.1) is 0 Å². The molecule has 0 aliphatic carbocycles. The number of aliphatic carboxylic acids is 1. The van der Waals surface area contributed by atoms with Crippen molar-refractivity contribution in [2.24, 2.45) is 0 Å². The Kier molecular flexibility index (Phi) is 5.66. The number of benzene rings is 1. The summed E-state index contributed by atoms with van der Waals surface area (Å²) in [6.45, 7) is -0.594. The van der Waals surface area contributed by atoms with Crippen molar-refractivity contribution < 1.29 is 24.2 Å². The monoisotopic (exact) mass is 416 g/mol. The summed E-state index contributed by atoms with van der Waals surface area (Å²) in [5.41, 5.74) is 0.684. The zero-order valence-electron chi connectivity index (χ0n) is 12.1. The second kappa shape index (κ2) is 7.33. The van der Waals surface area contributed by atoms with E-state index in [0.29, 0.717) is 25.0 Å². The van der Waals surface area contributed by atoms with Crippen molar-refractivity contribution in [2.45, 2.75) is 0 Å². The van der Waals surface area contributed by atoms with Crippen molar-refractivity contribution in [1.29, 1.82) is 0 Å². The zero-order valence-corrected chi connectivity index (χ0v) is 15.3. The molecule has 1 aliphatic heterocycles. The number of thiocarbonyl (C=S) groups is 1. The standard InChI is InChI=1S/C14H12BrNO5S2/c1-16-13(19)10(23-14(16)22)5-7-3-8(15)12(9(4-7)20-2)21-6-11(17)18/h3-5H,6H2,1-2H3,(H,17,18)/p-1/b10-5+. The molecule has 1 saturated heterocycles. The van der Waals surface area contributed by atoms with Gasteiger partial charge in [-0.3, -0.25) is 9.69 Å². The van der Waals surface area contributed by atoms with Crippen LogP contribution >= 0.6 is 39.9 Å². The van der Waals surface area contributed by atoms with Gasteiger partial charge >= 0.3 is 0 Å². The number of carbonyl (C=O) groups excluding carboxylic acids is 2. The Labute approximate surface area is 150 Å². The lowest BCUT2D eigenvalue weighted by Gasteiger charge is -2.14. The third-order valence-electron chi connectivity index (χ3n) is 2.87.